The van der Waals surface area contributed by atoms with E-state index < -0.39 is 19.4 Å². The summed E-state index contributed by atoms with van der Waals surface area (Å²) in [5.74, 6) is 4.91. The molecule has 2 aromatic rings. The molecule has 0 spiro atoms. The molecular formula is C78H163N19O4Si. The fourth-order valence-electron chi connectivity index (χ4n) is 16.4. The van der Waals surface area contributed by atoms with E-state index in [1.54, 1.807) is 0 Å². The van der Waals surface area contributed by atoms with Crippen molar-refractivity contribution in [3.05, 3.63) is 23.3 Å². The second-order valence-corrected chi connectivity index (χ2v) is 39.8. The predicted molar refractivity (Wildman–Crippen MR) is 436 cm³/mol. The minimum atomic E-state index is -1.41. The normalized spacial score (nSPS) is 21.6. The van der Waals surface area contributed by atoms with Crippen LogP contribution in [0.25, 0.3) is 0 Å². The Balaban J connectivity index is 0.00000132. The number of anilines is 2. The number of ether oxygens (including phenoxy) is 1. The van der Waals surface area contributed by atoms with Gasteiger partial charge in [0.2, 0.25) is 23.7 Å². The SMILES string of the molecule is C.C.CNC1CC(C)(C)NC(C)(C)C1.CO[Si](C)(C)CCCOC1CC(C)(C)NC(C)(C)C1.Cc1nc(C)nc(N(CCN2CC(C)(C)N(C)C(C)(C)C2=O)C2CCCCC2)n1.Cc1nc(C)nc(N(CCN2CC(C)(C)NC(C)(C)C2=O)C2CCCCC2)n1.NCCCNCCNCCCN.[HH].[HH]. The average molecular weight is 1460 g/mol. The van der Waals surface area contributed by atoms with Crippen LogP contribution in [-0.2, 0) is 18.8 Å². The molecule has 4 saturated heterocycles. The Morgan fingerprint density at radius 1 is 0.549 bits per heavy atom. The summed E-state index contributed by atoms with van der Waals surface area (Å²) in [5, 5.41) is 20.8. The maximum absolute atomic E-state index is 13.2. The van der Waals surface area contributed by atoms with Crippen LogP contribution in [0.4, 0.5) is 11.9 Å². The first-order valence-electron chi connectivity index (χ1n) is 38.7. The Morgan fingerprint density at radius 2 is 0.941 bits per heavy atom. The van der Waals surface area contributed by atoms with E-state index in [4.69, 9.17) is 20.6 Å². The summed E-state index contributed by atoms with van der Waals surface area (Å²) in [7, 11) is 4.54. The molecule has 0 unspecified atom stereocenters. The molecule has 6 fully saturated rings. The van der Waals surface area contributed by atoms with Crippen LogP contribution < -0.4 is 53.2 Å². The Labute approximate surface area is 628 Å². The molecule has 0 aromatic carbocycles. The Kier molecular flexibility index (Phi) is 39.0. The molecule has 2 saturated carbocycles. The van der Waals surface area contributed by atoms with Gasteiger partial charge in [-0.15, -0.1) is 0 Å². The third kappa shape index (κ3) is 32.4. The number of hydrogen-bond donors (Lipinski definition) is 8. The third-order valence-electron chi connectivity index (χ3n) is 20.8. The Hall–Kier alpha value is -3.66. The van der Waals surface area contributed by atoms with Crippen LogP contribution in [0, 0.1) is 27.7 Å². The number of rotatable bonds is 26. The Bertz CT molecular complexity index is 2670. The van der Waals surface area contributed by atoms with Crippen molar-refractivity contribution in [1.29, 1.82) is 0 Å². The van der Waals surface area contributed by atoms with Crippen molar-refractivity contribution in [2.45, 2.75) is 350 Å². The zero-order valence-corrected chi connectivity index (χ0v) is 69.4. The van der Waals surface area contributed by atoms with E-state index >= 15 is 0 Å². The minimum absolute atomic E-state index is 0. The quantitative estimate of drug-likeness (QED) is 0.0321. The van der Waals surface area contributed by atoms with Gasteiger partial charge in [-0.3, -0.25) is 19.8 Å². The lowest BCUT2D eigenvalue weighted by atomic mass is 9.80. The first kappa shape index (κ1) is 94.4. The van der Waals surface area contributed by atoms with E-state index in [9.17, 15) is 9.59 Å². The fourth-order valence-corrected chi connectivity index (χ4v) is 17.6. The molecule has 23 nitrogen and oxygen atoms in total. The van der Waals surface area contributed by atoms with E-state index in [2.05, 4.69) is 187 Å². The van der Waals surface area contributed by atoms with Gasteiger partial charge in [0.1, 0.15) is 23.3 Å². The molecule has 6 aliphatic rings. The monoisotopic (exact) mass is 1460 g/mol. The van der Waals surface area contributed by atoms with Crippen LogP contribution in [0.5, 0.6) is 0 Å². The summed E-state index contributed by atoms with van der Waals surface area (Å²) in [6.45, 7) is 58.0. The molecule has 2 aliphatic carbocycles. The maximum atomic E-state index is 13.2. The maximum Gasteiger partial charge on any atom is 0.242 e. The summed E-state index contributed by atoms with van der Waals surface area (Å²) in [6, 6.07) is 2.72. The highest BCUT2D eigenvalue weighted by atomic mass is 28.4. The van der Waals surface area contributed by atoms with Gasteiger partial charge in [-0.25, -0.2) is 9.97 Å². The number of amides is 2. The smallest absolute Gasteiger partial charge is 0.242 e. The molecule has 8 rings (SSSR count). The number of nitrogens with two attached hydrogens (primary N) is 2. The van der Waals surface area contributed by atoms with Crippen LogP contribution in [0.3, 0.4) is 0 Å². The van der Waals surface area contributed by atoms with Crippen molar-refractivity contribution in [2.75, 3.05) is 116 Å². The van der Waals surface area contributed by atoms with Gasteiger partial charge in [0.25, 0.3) is 0 Å². The topological polar surface area (TPSA) is 270 Å². The van der Waals surface area contributed by atoms with Crippen molar-refractivity contribution >= 4 is 32.0 Å². The summed E-state index contributed by atoms with van der Waals surface area (Å²) in [6.07, 6.45) is 20.5. The van der Waals surface area contributed by atoms with Crippen molar-refractivity contribution < 1.29 is 21.6 Å². The van der Waals surface area contributed by atoms with Gasteiger partial charge in [0.05, 0.1) is 17.2 Å². The first-order chi connectivity index (χ1) is 46.4. The highest BCUT2D eigenvalue weighted by molar-refractivity contribution is 6.71. The standard InChI is InChI=1S/C22H38N6O.C21H36N6O.C15H33NO2Si.C10H22N2.C8H22N4.2CH4.2H2/c1-16-23-17(2)25-20(24-16)28(18-11-9-8-10-12-18)14-13-27-15-21(3,4)26(7)22(5,6)19(27)29;1-15-22-16(2)24-19(23-15)27(17-10-8-7-9-11-17)13-12-26-14-20(3,4)25-21(5,6)18(26)28;1-14(2)11-13(12-15(3,4)16-14)18-9-8-10-19(6,7)17-5;1-9(2)6-8(11-5)7-10(3,4)12-9;9-3-1-5-11-7-8-12-6-2-4-10;;;;/h18H,8-15H2,1-7H3;17,25H,7-14H2,1-6H3;13,16H,8-12H2,1-7H3;8,11-12H,6-7H2,1-5H3;11-12H,1-10H2;2*1H4;2*1H. The highest BCUT2D eigenvalue weighted by Gasteiger charge is 2.49. The molecule has 2 aromatic heterocycles. The van der Waals surface area contributed by atoms with Crippen molar-refractivity contribution in [3.8, 4) is 0 Å². The van der Waals surface area contributed by atoms with Crippen molar-refractivity contribution in [3.63, 3.8) is 0 Å². The number of nitrogens with zero attached hydrogens (tertiary/aromatic N) is 11. The summed E-state index contributed by atoms with van der Waals surface area (Å²) in [5.41, 5.74) is 10.4. The van der Waals surface area contributed by atoms with E-state index in [1.165, 1.54) is 57.4 Å². The molecule has 102 heavy (non-hydrogen) atoms. The molecule has 4 aliphatic heterocycles. The molecule has 24 heteroatoms. The van der Waals surface area contributed by atoms with Crippen LogP contribution >= 0.6 is 0 Å². The van der Waals surface area contributed by atoms with E-state index in [1.807, 2.05) is 72.3 Å². The van der Waals surface area contributed by atoms with Gasteiger partial charge in [0, 0.05) is 120 Å². The van der Waals surface area contributed by atoms with Crippen LogP contribution in [0.2, 0.25) is 19.1 Å². The fraction of sp³-hybridized carbons (Fsp3) is 0.897. The van der Waals surface area contributed by atoms with Crippen molar-refractivity contribution in [2.24, 2.45) is 11.5 Å². The number of piperazine rings is 2. The molecule has 598 valence electrons. The largest absolute Gasteiger partial charge is 0.420 e. The second-order valence-electron chi connectivity index (χ2n) is 35.4. The molecule has 0 atom stereocenters. The van der Waals surface area contributed by atoms with Gasteiger partial charge in [-0.05, 0) is 269 Å². The number of nitrogens with one attached hydrogen (secondary N) is 6. The zero-order chi connectivity index (χ0) is 75.1. The molecular weight excluding hydrogens is 1300 g/mol. The molecule has 0 bridgehead atoms. The van der Waals surface area contributed by atoms with Crippen LogP contribution in [0.1, 0.15) is 261 Å². The van der Waals surface area contributed by atoms with E-state index in [0.29, 0.717) is 43.9 Å². The van der Waals surface area contributed by atoms with Gasteiger partial charge < -0.3 is 66.8 Å². The van der Waals surface area contributed by atoms with Crippen LogP contribution in [-0.4, -0.2) is 240 Å². The van der Waals surface area contributed by atoms with Gasteiger partial charge in [-0.2, -0.15) is 19.9 Å². The first-order valence-corrected chi connectivity index (χ1v) is 41.8. The molecule has 0 radical (unpaired) electrons. The Morgan fingerprint density at radius 3 is 1.32 bits per heavy atom. The zero-order valence-electron chi connectivity index (χ0n) is 68.4. The molecule has 2 amide bonds. The van der Waals surface area contributed by atoms with Gasteiger partial charge >= 0.3 is 0 Å². The van der Waals surface area contributed by atoms with Crippen LogP contribution in [0.15, 0.2) is 0 Å². The summed E-state index contributed by atoms with van der Waals surface area (Å²) >= 11 is 0. The number of hydrogen-bond acceptors (Lipinski definition) is 21. The number of aryl methyl sites for hydroxylation is 4. The number of carbonyl (C=O) groups is 2. The molecule has 10 N–H and O–H groups in total. The second kappa shape index (κ2) is 42.2. The van der Waals surface area contributed by atoms with E-state index in [0.717, 1.165) is 158 Å². The lowest BCUT2D eigenvalue weighted by molar-refractivity contribution is -0.157. The number of carbonyl (C=O) groups excluding carboxylic acids is 2. The highest BCUT2D eigenvalue weighted by Crippen LogP contribution is 2.35. The summed E-state index contributed by atoms with van der Waals surface area (Å²) < 4.78 is 11.7. The number of likely N-dealkylation sites (N-methyl/N-ethyl adjacent to an activating group) is 1. The number of piperidine rings is 2. The predicted octanol–water partition coefficient (Wildman–Crippen LogP) is 11.3. The average Bonchev–Trinajstić information content (AvgIpc) is 0.767. The van der Waals surface area contributed by atoms with Crippen molar-refractivity contribution in [1.82, 2.24) is 76.5 Å². The lowest BCUT2D eigenvalue weighted by Crippen LogP contribution is -2.70. The number of aromatic nitrogens is 6. The van der Waals surface area contributed by atoms with Gasteiger partial charge in [-0.1, -0.05) is 53.4 Å². The summed E-state index contributed by atoms with van der Waals surface area (Å²) in [4.78, 5) is 64.4. The van der Waals surface area contributed by atoms with Gasteiger partial charge in [0.15, 0.2) is 8.32 Å². The molecule has 6 heterocycles. The lowest BCUT2D eigenvalue weighted by Gasteiger charge is -2.54. The minimum Gasteiger partial charge on any atom is -0.420 e. The third-order valence-corrected chi connectivity index (χ3v) is 23.5. The van der Waals surface area contributed by atoms with E-state index in [-0.39, 0.29) is 62.8 Å².